The van der Waals surface area contributed by atoms with Crippen LogP contribution in [0.25, 0.3) is 0 Å². The van der Waals surface area contributed by atoms with Gasteiger partial charge in [-0.3, -0.25) is 14.9 Å². The molecule has 1 heterocycles. The summed E-state index contributed by atoms with van der Waals surface area (Å²) < 4.78 is 29.1. The first-order valence-corrected chi connectivity index (χ1v) is 11.9. The molecule has 1 atom stereocenters. The standard InChI is InChI=1S/C20H26N2O7S/c1-14-17(8-5-9-18(14)22(25)26)20(24)29-12-19(23)21(15-6-3-2-4-7-15)16-10-11-30(27,28)13-16/h5,8-9,15-16H,2-4,6-7,10-13H2,1H3/t16-/m1/s1. The van der Waals surface area contributed by atoms with Crippen molar-refractivity contribution < 1.29 is 27.7 Å². The number of rotatable bonds is 6. The van der Waals surface area contributed by atoms with Crippen LogP contribution in [0.3, 0.4) is 0 Å². The molecule has 164 valence electrons. The smallest absolute Gasteiger partial charge is 0.339 e. The highest BCUT2D eigenvalue weighted by molar-refractivity contribution is 7.91. The zero-order valence-corrected chi connectivity index (χ0v) is 17.7. The molecule has 1 amide bonds. The van der Waals surface area contributed by atoms with Crippen LogP contribution in [0.4, 0.5) is 5.69 Å². The fourth-order valence-corrected chi connectivity index (χ4v) is 6.09. The van der Waals surface area contributed by atoms with E-state index < -0.39 is 39.3 Å². The third kappa shape index (κ3) is 4.97. The van der Waals surface area contributed by atoms with Crippen LogP contribution < -0.4 is 0 Å². The molecule has 1 aliphatic carbocycles. The lowest BCUT2D eigenvalue weighted by molar-refractivity contribution is -0.385. The molecule has 1 aliphatic heterocycles. The van der Waals surface area contributed by atoms with Gasteiger partial charge in [0.1, 0.15) is 0 Å². The van der Waals surface area contributed by atoms with E-state index in [0.29, 0.717) is 6.42 Å². The van der Waals surface area contributed by atoms with Gasteiger partial charge in [-0.25, -0.2) is 13.2 Å². The Morgan fingerprint density at radius 3 is 2.47 bits per heavy atom. The molecule has 9 nitrogen and oxygen atoms in total. The van der Waals surface area contributed by atoms with Crippen molar-refractivity contribution in [1.29, 1.82) is 0 Å². The Kier molecular flexibility index (Phi) is 6.74. The first-order valence-electron chi connectivity index (χ1n) is 10.1. The van der Waals surface area contributed by atoms with Crippen LogP contribution in [0, 0.1) is 17.0 Å². The van der Waals surface area contributed by atoms with E-state index in [1.165, 1.54) is 25.1 Å². The van der Waals surface area contributed by atoms with E-state index in [9.17, 15) is 28.1 Å². The second kappa shape index (κ2) is 9.11. The second-order valence-corrected chi connectivity index (χ2v) is 10.2. The fourth-order valence-electron chi connectivity index (χ4n) is 4.38. The predicted molar refractivity (Wildman–Crippen MR) is 109 cm³/mol. The molecule has 30 heavy (non-hydrogen) atoms. The van der Waals surface area contributed by atoms with Gasteiger partial charge in [-0.05, 0) is 32.3 Å². The van der Waals surface area contributed by atoms with Gasteiger partial charge in [0.25, 0.3) is 11.6 Å². The lowest BCUT2D eigenvalue weighted by atomic mass is 9.93. The summed E-state index contributed by atoms with van der Waals surface area (Å²) in [4.78, 5) is 37.6. The first-order chi connectivity index (χ1) is 14.2. The largest absolute Gasteiger partial charge is 0.452 e. The molecule has 0 N–H and O–H groups in total. The number of benzene rings is 1. The zero-order chi connectivity index (χ0) is 21.9. The van der Waals surface area contributed by atoms with Gasteiger partial charge in [0.2, 0.25) is 0 Å². The van der Waals surface area contributed by atoms with Crippen LogP contribution >= 0.6 is 0 Å². The Balaban J connectivity index is 1.72. The highest BCUT2D eigenvalue weighted by atomic mass is 32.2. The van der Waals surface area contributed by atoms with Crippen molar-refractivity contribution in [3.63, 3.8) is 0 Å². The number of nitrogens with zero attached hydrogens (tertiary/aromatic N) is 2. The monoisotopic (exact) mass is 438 g/mol. The Morgan fingerprint density at radius 1 is 1.17 bits per heavy atom. The van der Waals surface area contributed by atoms with Gasteiger partial charge in [0.15, 0.2) is 16.4 Å². The van der Waals surface area contributed by atoms with Crippen LogP contribution in [-0.4, -0.2) is 60.3 Å². The topological polar surface area (TPSA) is 124 Å². The van der Waals surface area contributed by atoms with Gasteiger partial charge in [0, 0.05) is 23.7 Å². The van der Waals surface area contributed by atoms with E-state index in [4.69, 9.17) is 4.74 Å². The highest BCUT2D eigenvalue weighted by Crippen LogP contribution is 2.28. The number of carbonyl (C=O) groups is 2. The van der Waals surface area contributed by atoms with Gasteiger partial charge in [-0.1, -0.05) is 25.3 Å². The van der Waals surface area contributed by atoms with Crippen molar-refractivity contribution in [3.05, 3.63) is 39.4 Å². The van der Waals surface area contributed by atoms with Crippen LogP contribution in [0.5, 0.6) is 0 Å². The summed E-state index contributed by atoms with van der Waals surface area (Å²) in [7, 11) is -3.17. The van der Waals surface area contributed by atoms with Crippen molar-refractivity contribution >= 4 is 27.4 Å². The first kappa shape index (κ1) is 22.2. The maximum Gasteiger partial charge on any atom is 0.339 e. The fraction of sp³-hybridized carbons (Fsp3) is 0.600. The molecule has 2 fully saturated rings. The second-order valence-electron chi connectivity index (χ2n) is 7.93. The molecular weight excluding hydrogens is 412 g/mol. The number of hydrogen-bond acceptors (Lipinski definition) is 7. The van der Waals surface area contributed by atoms with Crippen molar-refractivity contribution in [2.24, 2.45) is 0 Å². The normalized spacial score (nSPS) is 21.2. The summed E-state index contributed by atoms with van der Waals surface area (Å²) in [5.41, 5.74) is 0.00593. The molecule has 10 heteroatoms. The van der Waals surface area contributed by atoms with Crippen molar-refractivity contribution in [2.45, 2.75) is 57.5 Å². The van der Waals surface area contributed by atoms with Gasteiger partial charge >= 0.3 is 5.97 Å². The summed E-state index contributed by atoms with van der Waals surface area (Å²) in [6.07, 6.45) is 5.03. The summed E-state index contributed by atoms with van der Waals surface area (Å²) in [5, 5.41) is 11.1. The van der Waals surface area contributed by atoms with Gasteiger partial charge in [0.05, 0.1) is 22.0 Å². The molecule has 0 radical (unpaired) electrons. The summed E-state index contributed by atoms with van der Waals surface area (Å²) >= 11 is 0. The lowest BCUT2D eigenvalue weighted by Gasteiger charge is -2.38. The van der Waals surface area contributed by atoms with Gasteiger partial charge in [-0.15, -0.1) is 0 Å². The van der Waals surface area contributed by atoms with Gasteiger partial charge < -0.3 is 9.64 Å². The maximum absolute atomic E-state index is 13.0. The Morgan fingerprint density at radius 2 is 1.87 bits per heavy atom. The number of amides is 1. The van der Waals surface area contributed by atoms with Crippen molar-refractivity contribution in [1.82, 2.24) is 4.90 Å². The van der Waals surface area contributed by atoms with E-state index in [-0.39, 0.29) is 34.4 Å². The molecule has 3 rings (SSSR count). The van der Waals surface area contributed by atoms with E-state index in [1.54, 1.807) is 4.90 Å². The Bertz CT molecular complexity index is 938. The number of nitro benzene ring substituents is 1. The van der Waals surface area contributed by atoms with E-state index in [2.05, 4.69) is 0 Å². The quantitative estimate of drug-likeness (QED) is 0.379. The average Bonchev–Trinajstić information content (AvgIpc) is 3.06. The number of nitro groups is 1. The summed E-state index contributed by atoms with van der Waals surface area (Å²) in [6, 6.07) is 3.65. The average molecular weight is 439 g/mol. The molecule has 0 unspecified atom stereocenters. The number of ether oxygens (including phenoxy) is 1. The van der Waals surface area contributed by atoms with Gasteiger partial charge in [-0.2, -0.15) is 0 Å². The molecule has 1 saturated heterocycles. The van der Waals surface area contributed by atoms with E-state index >= 15 is 0 Å². The lowest BCUT2D eigenvalue weighted by Crippen LogP contribution is -2.50. The predicted octanol–water partition coefficient (Wildman–Crippen LogP) is 2.41. The Hall–Kier alpha value is -2.49. The van der Waals surface area contributed by atoms with Crippen molar-refractivity contribution in [2.75, 3.05) is 18.1 Å². The van der Waals surface area contributed by atoms with Crippen LogP contribution in [-0.2, 0) is 19.4 Å². The SMILES string of the molecule is Cc1c(C(=O)OCC(=O)N(C2CCCCC2)[C@@H]2CCS(=O)(=O)C2)cccc1[N+](=O)[O-]. The molecule has 0 spiro atoms. The van der Waals surface area contributed by atoms with E-state index in [0.717, 1.165) is 32.1 Å². The Labute approximate surface area is 175 Å². The van der Waals surface area contributed by atoms with Crippen LogP contribution in [0.1, 0.15) is 54.4 Å². The zero-order valence-electron chi connectivity index (χ0n) is 16.9. The van der Waals surface area contributed by atoms with Crippen LogP contribution in [0.15, 0.2) is 18.2 Å². The number of sulfone groups is 1. The minimum absolute atomic E-state index is 0.0321. The van der Waals surface area contributed by atoms with Crippen molar-refractivity contribution in [3.8, 4) is 0 Å². The number of hydrogen-bond donors (Lipinski definition) is 0. The van der Waals surface area contributed by atoms with E-state index in [1.807, 2.05) is 0 Å². The number of esters is 1. The molecular formula is C20H26N2O7S. The molecule has 1 aromatic rings. The third-order valence-electron chi connectivity index (χ3n) is 5.91. The molecule has 1 aromatic carbocycles. The highest BCUT2D eigenvalue weighted by Gasteiger charge is 2.38. The number of carbonyl (C=O) groups excluding carboxylic acids is 2. The van der Waals surface area contributed by atoms with Crippen LogP contribution in [0.2, 0.25) is 0 Å². The minimum Gasteiger partial charge on any atom is -0.452 e. The third-order valence-corrected chi connectivity index (χ3v) is 7.66. The minimum atomic E-state index is -3.17. The molecule has 1 saturated carbocycles. The molecule has 0 bridgehead atoms. The summed E-state index contributed by atoms with van der Waals surface area (Å²) in [5.74, 6) is -1.24. The molecule has 0 aromatic heterocycles. The molecule has 2 aliphatic rings. The maximum atomic E-state index is 13.0. The summed E-state index contributed by atoms with van der Waals surface area (Å²) in [6.45, 7) is 0.933.